The van der Waals surface area contributed by atoms with E-state index in [2.05, 4.69) is 15.5 Å². The van der Waals surface area contributed by atoms with E-state index in [0.29, 0.717) is 10.9 Å². The summed E-state index contributed by atoms with van der Waals surface area (Å²) in [4.78, 5) is 12.0. The molecule has 0 aliphatic carbocycles. The molecule has 0 bridgehead atoms. The Hall–Kier alpha value is -2.02. The van der Waals surface area contributed by atoms with Gasteiger partial charge < -0.3 is 10.1 Å². The Morgan fingerprint density at radius 2 is 2.04 bits per heavy atom. The van der Waals surface area contributed by atoms with E-state index in [9.17, 15) is 4.79 Å². The van der Waals surface area contributed by atoms with Crippen molar-refractivity contribution in [3.05, 3.63) is 30.6 Å². The highest BCUT2D eigenvalue weighted by molar-refractivity contribution is 7.99. The molecular formula is C16H22N4O2S. The second-order valence-corrected chi connectivity index (χ2v) is 6.70. The van der Waals surface area contributed by atoms with E-state index in [0.717, 1.165) is 17.9 Å². The standard InChI is InChI=1S/C16H22N4O2S/c1-5-16(2,3)18-14(21)10-23-15-19-17-11-20(15)12-6-8-13(22-4)9-7-12/h6-9,11H,5,10H2,1-4H3,(H,18,21). The summed E-state index contributed by atoms with van der Waals surface area (Å²) >= 11 is 1.36. The van der Waals surface area contributed by atoms with E-state index in [1.807, 2.05) is 49.6 Å². The van der Waals surface area contributed by atoms with Crippen LogP contribution < -0.4 is 10.1 Å². The van der Waals surface area contributed by atoms with E-state index in [-0.39, 0.29) is 11.4 Å². The molecule has 0 fully saturated rings. The lowest BCUT2D eigenvalue weighted by Gasteiger charge is -2.24. The van der Waals surface area contributed by atoms with Crippen LogP contribution in [0.15, 0.2) is 35.7 Å². The summed E-state index contributed by atoms with van der Waals surface area (Å²) in [5.74, 6) is 1.08. The molecule has 0 atom stereocenters. The van der Waals surface area contributed by atoms with Gasteiger partial charge in [0.2, 0.25) is 5.91 Å². The van der Waals surface area contributed by atoms with Crippen molar-refractivity contribution in [3.8, 4) is 11.4 Å². The number of carbonyl (C=O) groups excluding carboxylic acids is 1. The topological polar surface area (TPSA) is 69.0 Å². The van der Waals surface area contributed by atoms with Crippen LogP contribution in [0.4, 0.5) is 0 Å². The number of benzene rings is 1. The van der Waals surface area contributed by atoms with Crippen LogP contribution in [0.5, 0.6) is 5.75 Å². The summed E-state index contributed by atoms with van der Waals surface area (Å²) in [6.07, 6.45) is 2.52. The van der Waals surface area contributed by atoms with Crippen LogP contribution in [-0.2, 0) is 4.79 Å². The summed E-state index contributed by atoms with van der Waals surface area (Å²) in [7, 11) is 1.63. The first-order valence-electron chi connectivity index (χ1n) is 7.43. The van der Waals surface area contributed by atoms with E-state index in [4.69, 9.17) is 4.74 Å². The molecule has 124 valence electrons. The summed E-state index contributed by atoms with van der Waals surface area (Å²) in [6.45, 7) is 6.07. The fourth-order valence-corrected chi connectivity index (χ4v) is 2.60. The van der Waals surface area contributed by atoms with Gasteiger partial charge in [-0.05, 0) is 44.5 Å². The van der Waals surface area contributed by atoms with Crippen molar-refractivity contribution in [1.29, 1.82) is 0 Å². The minimum Gasteiger partial charge on any atom is -0.497 e. The average Bonchev–Trinajstić information content (AvgIpc) is 3.01. The SMILES string of the molecule is CCC(C)(C)NC(=O)CSc1nncn1-c1ccc(OC)cc1. The van der Waals surface area contributed by atoms with Crippen molar-refractivity contribution in [1.82, 2.24) is 20.1 Å². The highest BCUT2D eigenvalue weighted by atomic mass is 32.2. The Morgan fingerprint density at radius 3 is 2.65 bits per heavy atom. The van der Waals surface area contributed by atoms with Crippen molar-refractivity contribution in [2.24, 2.45) is 0 Å². The van der Waals surface area contributed by atoms with Gasteiger partial charge in [0.1, 0.15) is 12.1 Å². The van der Waals surface area contributed by atoms with Gasteiger partial charge in [-0.2, -0.15) is 0 Å². The molecule has 1 aromatic heterocycles. The molecule has 2 rings (SSSR count). The fraction of sp³-hybridized carbons (Fsp3) is 0.438. The Kier molecular flexibility index (Phi) is 5.65. The number of nitrogens with one attached hydrogen (secondary N) is 1. The van der Waals surface area contributed by atoms with Gasteiger partial charge >= 0.3 is 0 Å². The Morgan fingerprint density at radius 1 is 1.35 bits per heavy atom. The van der Waals surface area contributed by atoms with E-state index < -0.39 is 0 Å². The van der Waals surface area contributed by atoms with Crippen molar-refractivity contribution in [2.75, 3.05) is 12.9 Å². The molecule has 1 N–H and O–H groups in total. The molecule has 0 saturated heterocycles. The normalized spacial score (nSPS) is 11.3. The van der Waals surface area contributed by atoms with Crippen molar-refractivity contribution in [2.45, 2.75) is 37.9 Å². The minimum atomic E-state index is -0.193. The molecule has 23 heavy (non-hydrogen) atoms. The molecule has 1 aromatic carbocycles. The maximum absolute atomic E-state index is 12.0. The maximum atomic E-state index is 12.0. The molecule has 0 spiro atoms. The van der Waals surface area contributed by atoms with Gasteiger partial charge in [0.25, 0.3) is 0 Å². The van der Waals surface area contributed by atoms with Crippen LogP contribution in [0.3, 0.4) is 0 Å². The molecule has 0 radical (unpaired) electrons. The van der Waals surface area contributed by atoms with Gasteiger partial charge in [0, 0.05) is 11.2 Å². The second kappa shape index (κ2) is 7.50. The number of methoxy groups -OCH3 is 1. The number of hydrogen-bond donors (Lipinski definition) is 1. The van der Waals surface area contributed by atoms with Gasteiger partial charge in [0.15, 0.2) is 5.16 Å². The number of rotatable bonds is 7. The first-order chi connectivity index (χ1) is 10.9. The van der Waals surface area contributed by atoms with Crippen molar-refractivity contribution >= 4 is 17.7 Å². The number of thioether (sulfide) groups is 1. The first kappa shape index (κ1) is 17.3. The molecular weight excluding hydrogens is 312 g/mol. The lowest BCUT2D eigenvalue weighted by molar-refractivity contribution is -0.120. The average molecular weight is 334 g/mol. The molecule has 0 saturated carbocycles. The number of amides is 1. The molecule has 2 aromatic rings. The summed E-state index contributed by atoms with van der Waals surface area (Å²) in [5.41, 5.74) is 0.731. The Balaban J connectivity index is 2.02. The van der Waals surface area contributed by atoms with Crippen LogP contribution in [0, 0.1) is 0 Å². The molecule has 0 aliphatic heterocycles. The second-order valence-electron chi connectivity index (χ2n) is 5.76. The number of nitrogens with zero attached hydrogens (tertiary/aromatic N) is 3. The van der Waals surface area contributed by atoms with Crippen LogP contribution in [0.2, 0.25) is 0 Å². The third-order valence-electron chi connectivity index (χ3n) is 3.56. The monoisotopic (exact) mass is 334 g/mol. The zero-order chi connectivity index (χ0) is 16.9. The van der Waals surface area contributed by atoms with Crippen LogP contribution >= 0.6 is 11.8 Å². The summed E-state index contributed by atoms with van der Waals surface area (Å²) < 4.78 is 7.00. The number of hydrogen-bond acceptors (Lipinski definition) is 5. The van der Waals surface area contributed by atoms with Crippen molar-refractivity contribution in [3.63, 3.8) is 0 Å². The molecule has 0 unspecified atom stereocenters. The van der Waals surface area contributed by atoms with Crippen LogP contribution in [0.1, 0.15) is 27.2 Å². The maximum Gasteiger partial charge on any atom is 0.230 e. The number of aromatic nitrogens is 3. The molecule has 6 nitrogen and oxygen atoms in total. The zero-order valence-corrected chi connectivity index (χ0v) is 14.7. The van der Waals surface area contributed by atoms with Gasteiger partial charge in [0.05, 0.1) is 12.9 Å². The van der Waals surface area contributed by atoms with Crippen molar-refractivity contribution < 1.29 is 9.53 Å². The highest BCUT2D eigenvalue weighted by Gasteiger charge is 2.18. The molecule has 7 heteroatoms. The van der Waals surface area contributed by atoms with Crippen LogP contribution in [-0.4, -0.2) is 39.1 Å². The van der Waals surface area contributed by atoms with E-state index >= 15 is 0 Å². The smallest absolute Gasteiger partial charge is 0.230 e. The minimum absolute atomic E-state index is 0.00821. The first-order valence-corrected chi connectivity index (χ1v) is 8.42. The highest BCUT2D eigenvalue weighted by Crippen LogP contribution is 2.21. The fourth-order valence-electron chi connectivity index (χ4n) is 1.87. The number of carbonyl (C=O) groups is 1. The quantitative estimate of drug-likeness (QED) is 0.789. The lowest BCUT2D eigenvalue weighted by atomic mass is 10.0. The van der Waals surface area contributed by atoms with Crippen LogP contribution in [0.25, 0.3) is 5.69 Å². The summed E-state index contributed by atoms with van der Waals surface area (Å²) in [6, 6.07) is 7.60. The number of ether oxygens (including phenoxy) is 1. The van der Waals surface area contributed by atoms with E-state index in [1.165, 1.54) is 11.8 Å². The molecule has 1 amide bonds. The lowest BCUT2D eigenvalue weighted by Crippen LogP contribution is -2.43. The van der Waals surface area contributed by atoms with Gasteiger partial charge in [-0.1, -0.05) is 18.7 Å². The van der Waals surface area contributed by atoms with E-state index in [1.54, 1.807) is 13.4 Å². The predicted molar refractivity (Wildman–Crippen MR) is 91.1 cm³/mol. The Labute approximate surface area is 140 Å². The van der Waals surface area contributed by atoms with Gasteiger partial charge in [-0.25, -0.2) is 0 Å². The molecule has 1 heterocycles. The summed E-state index contributed by atoms with van der Waals surface area (Å²) in [5, 5.41) is 11.7. The zero-order valence-electron chi connectivity index (χ0n) is 13.9. The van der Waals surface area contributed by atoms with Gasteiger partial charge in [-0.15, -0.1) is 10.2 Å². The third kappa shape index (κ3) is 4.72. The predicted octanol–water partition coefficient (Wildman–Crippen LogP) is 2.67. The van der Waals surface area contributed by atoms with Gasteiger partial charge in [-0.3, -0.25) is 9.36 Å². The largest absolute Gasteiger partial charge is 0.497 e. The Bertz CT molecular complexity index is 652. The molecule has 0 aliphatic rings. The third-order valence-corrected chi connectivity index (χ3v) is 4.50.